The molecule has 0 spiro atoms. The Hall–Kier alpha value is -3.00. The van der Waals surface area contributed by atoms with Crippen LogP contribution in [0.3, 0.4) is 0 Å². The number of hydrogen-bond acceptors (Lipinski definition) is 7. The first-order valence-corrected chi connectivity index (χ1v) is 12.4. The van der Waals surface area contributed by atoms with Gasteiger partial charge >= 0.3 is 0 Å². The molecular weight excluding hydrogens is 438 g/mol. The van der Waals surface area contributed by atoms with E-state index in [0.29, 0.717) is 26.4 Å². The number of benzene rings is 2. The summed E-state index contributed by atoms with van der Waals surface area (Å²) in [6.07, 6.45) is 1.85. The lowest BCUT2D eigenvalue weighted by molar-refractivity contribution is -0.125. The van der Waals surface area contributed by atoms with Crippen molar-refractivity contribution in [2.75, 3.05) is 37.8 Å². The van der Waals surface area contributed by atoms with Gasteiger partial charge in [-0.25, -0.2) is 4.98 Å². The van der Waals surface area contributed by atoms with Crippen molar-refractivity contribution in [1.82, 2.24) is 10.3 Å². The minimum absolute atomic E-state index is 0.0654. The molecular formula is C25H29N3O4S. The quantitative estimate of drug-likeness (QED) is 0.573. The first-order chi connectivity index (χ1) is 16.1. The molecule has 3 heterocycles. The Morgan fingerprint density at radius 2 is 2.09 bits per heavy atom. The van der Waals surface area contributed by atoms with Crippen LogP contribution in [0.4, 0.5) is 5.13 Å². The summed E-state index contributed by atoms with van der Waals surface area (Å²) in [4.78, 5) is 20.2. The summed E-state index contributed by atoms with van der Waals surface area (Å²) < 4.78 is 18.0. The number of fused-ring (bicyclic) bond motifs is 2. The first kappa shape index (κ1) is 21.8. The minimum atomic E-state index is -0.108. The Bertz CT molecular complexity index is 1150. The largest absolute Gasteiger partial charge is 0.494 e. The zero-order valence-corrected chi connectivity index (χ0v) is 19.8. The highest BCUT2D eigenvalue weighted by Gasteiger charge is 2.28. The molecule has 1 fully saturated rings. The highest BCUT2D eigenvalue weighted by Crippen LogP contribution is 2.35. The molecule has 8 heteroatoms. The maximum Gasteiger partial charge on any atom is 0.225 e. The van der Waals surface area contributed by atoms with Crippen LogP contribution in [-0.2, 0) is 4.79 Å². The lowest BCUT2D eigenvalue weighted by atomic mass is 9.96. The van der Waals surface area contributed by atoms with Crippen molar-refractivity contribution < 1.29 is 19.0 Å². The van der Waals surface area contributed by atoms with E-state index in [1.54, 1.807) is 11.3 Å². The van der Waals surface area contributed by atoms with Gasteiger partial charge < -0.3 is 24.4 Å². The third-order valence-electron chi connectivity index (χ3n) is 6.15. The zero-order valence-electron chi connectivity index (χ0n) is 19.0. The second-order valence-corrected chi connectivity index (χ2v) is 9.49. The maximum absolute atomic E-state index is 13.1. The third kappa shape index (κ3) is 4.71. The molecule has 1 saturated heterocycles. The molecule has 7 nitrogen and oxygen atoms in total. The van der Waals surface area contributed by atoms with E-state index in [4.69, 9.17) is 19.2 Å². The Morgan fingerprint density at radius 3 is 2.94 bits per heavy atom. The van der Waals surface area contributed by atoms with Crippen molar-refractivity contribution in [3.05, 3.63) is 42.0 Å². The van der Waals surface area contributed by atoms with Gasteiger partial charge in [0.2, 0.25) is 5.91 Å². The summed E-state index contributed by atoms with van der Waals surface area (Å²) in [5.74, 6) is 2.39. The van der Waals surface area contributed by atoms with E-state index in [0.717, 1.165) is 57.5 Å². The van der Waals surface area contributed by atoms with Crippen LogP contribution in [0.5, 0.6) is 17.2 Å². The van der Waals surface area contributed by atoms with Crippen molar-refractivity contribution in [1.29, 1.82) is 0 Å². The highest BCUT2D eigenvalue weighted by molar-refractivity contribution is 7.22. The standard InChI is InChI=1S/C25H29N3O4S/c1-3-30-19-7-8-20-23(14-19)33-25(27-20)28-10-4-5-18(15-28)24(29)26-16(2)17-6-9-21-22(13-17)32-12-11-31-21/h6-9,13-14,16,18H,3-5,10-12,15H2,1-2H3,(H,26,29)/t16-,18+/m0/s1. The number of nitrogens with zero attached hydrogens (tertiary/aromatic N) is 2. The normalized spacial score (nSPS) is 18.7. The van der Waals surface area contributed by atoms with Gasteiger partial charge in [-0.05, 0) is 62.6 Å². The molecule has 0 radical (unpaired) electrons. The van der Waals surface area contributed by atoms with Crippen molar-refractivity contribution >= 4 is 32.6 Å². The molecule has 0 bridgehead atoms. The molecule has 1 aromatic heterocycles. The highest BCUT2D eigenvalue weighted by atomic mass is 32.1. The van der Waals surface area contributed by atoms with E-state index in [1.165, 1.54) is 0 Å². The fraction of sp³-hybridized carbons (Fsp3) is 0.440. The van der Waals surface area contributed by atoms with Gasteiger partial charge in [-0.15, -0.1) is 0 Å². The minimum Gasteiger partial charge on any atom is -0.494 e. The van der Waals surface area contributed by atoms with Crippen molar-refractivity contribution in [2.24, 2.45) is 5.92 Å². The number of carbonyl (C=O) groups is 1. The Morgan fingerprint density at radius 1 is 1.24 bits per heavy atom. The molecule has 1 N–H and O–H groups in total. The molecule has 2 aromatic carbocycles. The predicted molar refractivity (Wildman–Crippen MR) is 130 cm³/mol. The molecule has 2 aliphatic rings. The Labute approximate surface area is 197 Å². The van der Waals surface area contributed by atoms with Crippen molar-refractivity contribution in [3.63, 3.8) is 0 Å². The molecule has 2 atom stereocenters. The van der Waals surface area contributed by atoms with E-state index in [9.17, 15) is 4.79 Å². The van der Waals surface area contributed by atoms with Crippen LogP contribution in [0.2, 0.25) is 0 Å². The summed E-state index contributed by atoms with van der Waals surface area (Å²) in [7, 11) is 0. The average molecular weight is 468 g/mol. The van der Waals surface area contributed by atoms with Gasteiger partial charge in [-0.1, -0.05) is 17.4 Å². The second-order valence-electron chi connectivity index (χ2n) is 8.48. The van der Waals surface area contributed by atoms with E-state index < -0.39 is 0 Å². The van der Waals surface area contributed by atoms with Gasteiger partial charge in [-0.2, -0.15) is 0 Å². The van der Waals surface area contributed by atoms with Crippen LogP contribution in [0.25, 0.3) is 10.2 Å². The van der Waals surface area contributed by atoms with Crippen LogP contribution in [0.15, 0.2) is 36.4 Å². The summed E-state index contributed by atoms with van der Waals surface area (Å²) in [5, 5.41) is 4.17. The van der Waals surface area contributed by atoms with Gasteiger partial charge in [0.15, 0.2) is 16.6 Å². The van der Waals surface area contributed by atoms with Crippen LogP contribution < -0.4 is 24.4 Å². The molecule has 174 valence electrons. The molecule has 0 unspecified atom stereocenters. The van der Waals surface area contributed by atoms with E-state index >= 15 is 0 Å². The van der Waals surface area contributed by atoms with E-state index in [1.807, 2.05) is 50.2 Å². The monoisotopic (exact) mass is 467 g/mol. The number of amides is 1. The topological polar surface area (TPSA) is 72.9 Å². The SMILES string of the molecule is CCOc1ccc2nc(N3CCC[C@@H](C(=O)N[C@@H](C)c4ccc5c(c4)OCCO5)C3)sc2c1. The number of aromatic nitrogens is 1. The number of thiazole rings is 1. The van der Waals surface area contributed by atoms with Crippen LogP contribution >= 0.6 is 11.3 Å². The Balaban J connectivity index is 1.24. The van der Waals surface area contributed by atoms with E-state index in [-0.39, 0.29) is 17.9 Å². The molecule has 2 aliphatic heterocycles. The number of anilines is 1. The average Bonchev–Trinajstić information content (AvgIpc) is 3.27. The molecule has 33 heavy (non-hydrogen) atoms. The lowest BCUT2D eigenvalue weighted by Crippen LogP contribution is -2.43. The number of piperidine rings is 1. The number of rotatable bonds is 6. The second kappa shape index (κ2) is 9.47. The van der Waals surface area contributed by atoms with Gasteiger partial charge in [0.05, 0.1) is 28.8 Å². The van der Waals surface area contributed by atoms with Gasteiger partial charge in [0, 0.05) is 13.1 Å². The fourth-order valence-corrected chi connectivity index (χ4v) is 5.42. The first-order valence-electron chi connectivity index (χ1n) is 11.6. The molecule has 1 amide bonds. The summed E-state index contributed by atoms with van der Waals surface area (Å²) >= 11 is 1.66. The number of carbonyl (C=O) groups excluding carboxylic acids is 1. The van der Waals surface area contributed by atoms with Crippen LogP contribution in [0.1, 0.15) is 38.3 Å². The number of ether oxygens (including phenoxy) is 3. The maximum atomic E-state index is 13.1. The molecule has 5 rings (SSSR count). The van der Waals surface area contributed by atoms with Crippen LogP contribution in [-0.4, -0.2) is 43.8 Å². The van der Waals surface area contributed by atoms with E-state index in [2.05, 4.69) is 10.2 Å². The molecule has 0 aliphatic carbocycles. The van der Waals surface area contributed by atoms with Crippen molar-refractivity contribution in [3.8, 4) is 17.2 Å². The molecule has 3 aromatic rings. The third-order valence-corrected chi connectivity index (χ3v) is 7.23. The van der Waals surface area contributed by atoms with Gasteiger partial charge in [0.25, 0.3) is 0 Å². The summed E-state index contributed by atoms with van der Waals surface area (Å²) in [5.41, 5.74) is 1.98. The van der Waals surface area contributed by atoms with Crippen LogP contribution in [0, 0.1) is 5.92 Å². The molecule has 0 saturated carbocycles. The van der Waals surface area contributed by atoms with Crippen molar-refractivity contribution in [2.45, 2.75) is 32.7 Å². The number of hydrogen-bond donors (Lipinski definition) is 1. The predicted octanol–water partition coefficient (Wildman–Crippen LogP) is 4.56. The van der Waals surface area contributed by atoms with Gasteiger partial charge in [0.1, 0.15) is 19.0 Å². The van der Waals surface area contributed by atoms with Gasteiger partial charge in [-0.3, -0.25) is 4.79 Å². The number of nitrogens with one attached hydrogen (secondary N) is 1. The fourth-order valence-electron chi connectivity index (χ4n) is 4.39. The smallest absolute Gasteiger partial charge is 0.225 e. The zero-order chi connectivity index (χ0) is 22.8. The lowest BCUT2D eigenvalue weighted by Gasteiger charge is -2.32. The Kier molecular flexibility index (Phi) is 6.26. The summed E-state index contributed by atoms with van der Waals surface area (Å²) in [6, 6.07) is 11.8. The summed E-state index contributed by atoms with van der Waals surface area (Å²) in [6.45, 7) is 7.35.